The van der Waals surface area contributed by atoms with Gasteiger partial charge in [0, 0.05) is 5.39 Å². The molecule has 1 aromatic carbocycles. The number of carbonyl (C=O) groups is 1. The summed E-state index contributed by atoms with van der Waals surface area (Å²) in [7, 11) is 0. The fourth-order valence-corrected chi connectivity index (χ4v) is 1.65. The van der Waals surface area contributed by atoms with Crippen LogP contribution in [-0.2, 0) is 0 Å². The van der Waals surface area contributed by atoms with E-state index in [1.165, 1.54) is 6.07 Å². The summed E-state index contributed by atoms with van der Waals surface area (Å²) >= 11 is 0. The van der Waals surface area contributed by atoms with Crippen LogP contribution in [0.1, 0.15) is 35.7 Å². The molecule has 4 nitrogen and oxygen atoms in total. The van der Waals surface area contributed by atoms with Crippen molar-refractivity contribution in [3.63, 3.8) is 0 Å². The average Bonchev–Trinajstić information content (AvgIpc) is 2.27. The number of carboxylic acid groups (broad SMARTS) is 1. The van der Waals surface area contributed by atoms with Crippen LogP contribution >= 0.6 is 0 Å². The Labute approximate surface area is 97.5 Å². The first-order valence-corrected chi connectivity index (χ1v) is 5.30. The molecule has 0 aliphatic heterocycles. The zero-order chi connectivity index (χ0) is 12.6. The summed E-state index contributed by atoms with van der Waals surface area (Å²) in [4.78, 5) is 22.2. The third-order valence-electron chi connectivity index (χ3n) is 2.65. The molecule has 1 heterocycles. The monoisotopic (exact) mass is 232 g/mol. The van der Waals surface area contributed by atoms with Gasteiger partial charge in [-0.05, 0) is 29.7 Å². The molecule has 88 valence electrons. The maximum absolute atomic E-state index is 11.3. The van der Waals surface area contributed by atoms with E-state index in [0.29, 0.717) is 16.9 Å². The van der Waals surface area contributed by atoms with Crippen LogP contribution in [0.15, 0.2) is 33.5 Å². The van der Waals surface area contributed by atoms with Gasteiger partial charge in [0.2, 0.25) is 0 Å². The van der Waals surface area contributed by atoms with Gasteiger partial charge >= 0.3 is 11.6 Å². The maximum Gasteiger partial charge on any atom is 0.351 e. The fourth-order valence-electron chi connectivity index (χ4n) is 1.65. The maximum atomic E-state index is 11.3. The minimum absolute atomic E-state index is 0.333. The first-order chi connectivity index (χ1) is 7.99. The summed E-state index contributed by atoms with van der Waals surface area (Å²) < 4.78 is 4.95. The van der Waals surface area contributed by atoms with E-state index in [4.69, 9.17) is 9.52 Å². The predicted octanol–water partition coefficient (Wildman–Crippen LogP) is 2.61. The second kappa shape index (κ2) is 4.05. The molecule has 0 amide bonds. The van der Waals surface area contributed by atoms with Crippen molar-refractivity contribution in [1.82, 2.24) is 0 Å². The van der Waals surface area contributed by atoms with E-state index in [0.717, 1.165) is 5.56 Å². The summed E-state index contributed by atoms with van der Waals surface area (Å²) in [5.41, 5.74) is 0.327. The van der Waals surface area contributed by atoms with Crippen LogP contribution in [0.4, 0.5) is 0 Å². The molecule has 0 saturated heterocycles. The fraction of sp³-hybridized carbons (Fsp3) is 0.231. The van der Waals surface area contributed by atoms with E-state index in [-0.39, 0.29) is 5.56 Å². The highest BCUT2D eigenvalue weighted by atomic mass is 16.4. The zero-order valence-corrected chi connectivity index (χ0v) is 9.56. The van der Waals surface area contributed by atoms with Gasteiger partial charge in [0.15, 0.2) is 0 Å². The molecule has 0 spiro atoms. The van der Waals surface area contributed by atoms with Crippen LogP contribution in [0.3, 0.4) is 0 Å². The van der Waals surface area contributed by atoms with Gasteiger partial charge in [-0.25, -0.2) is 9.59 Å². The molecule has 0 aliphatic carbocycles. The Morgan fingerprint density at radius 2 is 2.00 bits per heavy atom. The van der Waals surface area contributed by atoms with Gasteiger partial charge in [-0.15, -0.1) is 0 Å². The highest BCUT2D eigenvalue weighted by Gasteiger charge is 2.12. The lowest BCUT2D eigenvalue weighted by Gasteiger charge is -2.06. The normalized spacial score (nSPS) is 11.0. The summed E-state index contributed by atoms with van der Waals surface area (Å²) in [6, 6.07) is 6.76. The first-order valence-electron chi connectivity index (χ1n) is 5.30. The highest BCUT2D eigenvalue weighted by Crippen LogP contribution is 2.21. The molecule has 4 heteroatoms. The number of benzene rings is 1. The Bertz CT molecular complexity index is 637. The number of carboxylic acids is 1. The Balaban J connectivity index is 2.72. The topological polar surface area (TPSA) is 67.5 Å². The van der Waals surface area contributed by atoms with Crippen molar-refractivity contribution in [3.05, 3.63) is 45.8 Å². The summed E-state index contributed by atoms with van der Waals surface area (Å²) in [5.74, 6) is -0.935. The first kappa shape index (κ1) is 11.4. The van der Waals surface area contributed by atoms with E-state index in [1.807, 2.05) is 26.0 Å². The van der Waals surface area contributed by atoms with Crippen LogP contribution in [0.5, 0.6) is 0 Å². The standard InChI is InChI=1S/C13H12O4/c1-7(2)8-3-4-11-9(5-8)6-10(12(14)15)13(16)17-11/h3-7H,1-2H3,(H,14,15). The summed E-state index contributed by atoms with van der Waals surface area (Å²) in [6.07, 6.45) is 0. The molecule has 1 aromatic heterocycles. The number of hydrogen-bond acceptors (Lipinski definition) is 3. The lowest BCUT2D eigenvalue weighted by Crippen LogP contribution is -2.12. The molecular formula is C13H12O4. The second-order valence-electron chi connectivity index (χ2n) is 4.20. The van der Waals surface area contributed by atoms with Crippen LogP contribution in [0, 0.1) is 0 Å². The molecule has 2 aromatic rings. The Hall–Kier alpha value is -2.10. The molecule has 0 aliphatic rings. The summed E-state index contributed by atoms with van der Waals surface area (Å²) in [6.45, 7) is 4.08. The third kappa shape index (κ3) is 2.06. The molecule has 0 saturated carbocycles. The minimum Gasteiger partial charge on any atom is -0.477 e. The highest BCUT2D eigenvalue weighted by molar-refractivity contribution is 5.91. The Kier molecular flexibility index (Phi) is 2.71. The smallest absolute Gasteiger partial charge is 0.351 e. The van der Waals surface area contributed by atoms with Gasteiger partial charge in [-0.2, -0.15) is 0 Å². The molecule has 1 N–H and O–H groups in total. The van der Waals surface area contributed by atoms with E-state index in [2.05, 4.69) is 0 Å². The molecule has 0 atom stereocenters. The molecule has 17 heavy (non-hydrogen) atoms. The van der Waals surface area contributed by atoms with Crippen LogP contribution in [0.25, 0.3) is 11.0 Å². The quantitative estimate of drug-likeness (QED) is 0.808. The van der Waals surface area contributed by atoms with E-state index >= 15 is 0 Å². The predicted molar refractivity (Wildman–Crippen MR) is 63.5 cm³/mol. The van der Waals surface area contributed by atoms with Gasteiger partial charge in [0.1, 0.15) is 11.1 Å². The van der Waals surface area contributed by atoms with Crippen LogP contribution < -0.4 is 5.63 Å². The van der Waals surface area contributed by atoms with Crippen molar-refractivity contribution >= 4 is 16.9 Å². The molecular weight excluding hydrogens is 220 g/mol. The molecule has 0 unspecified atom stereocenters. The van der Waals surface area contributed by atoms with Crippen molar-refractivity contribution in [3.8, 4) is 0 Å². The van der Waals surface area contributed by atoms with Gasteiger partial charge in [-0.3, -0.25) is 0 Å². The molecule has 0 bridgehead atoms. The van der Waals surface area contributed by atoms with E-state index in [9.17, 15) is 9.59 Å². The van der Waals surface area contributed by atoms with Gasteiger partial charge in [0.25, 0.3) is 0 Å². The number of hydrogen-bond donors (Lipinski definition) is 1. The van der Waals surface area contributed by atoms with Crippen molar-refractivity contribution in [2.75, 3.05) is 0 Å². The number of aromatic carboxylic acids is 1. The van der Waals surface area contributed by atoms with Gasteiger partial charge < -0.3 is 9.52 Å². The molecule has 0 fully saturated rings. The van der Waals surface area contributed by atoms with Crippen molar-refractivity contribution in [1.29, 1.82) is 0 Å². The molecule has 0 radical (unpaired) electrons. The van der Waals surface area contributed by atoms with Crippen molar-refractivity contribution < 1.29 is 14.3 Å². The van der Waals surface area contributed by atoms with Gasteiger partial charge in [-0.1, -0.05) is 19.9 Å². The van der Waals surface area contributed by atoms with E-state index < -0.39 is 11.6 Å². The lowest BCUT2D eigenvalue weighted by atomic mass is 10.0. The van der Waals surface area contributed by atoms with E-state index in [1.54, 1.807) is 6.07 Å². The second-order valence-corrected chi connectivity index (χ2v) is 4.20. The average molecular weight is 232 g/mol. The lowest BCUT2D eigenvalue weighted by molar-refractivity contribution is 0.0692. The van der Waals surface area contributed by atoms with Crippen molar-refractivity contribution in [2.24, 2.45) is 0 Å². The molecule has 2 rings (SSSR count). The largest absolute Gasteiger partial charge is 0.477 e. The number of fused-ring (bicyclic) bond motifs is 1. The van der Waals surface area contributed by atoms with Crippen LogP contribution in [-0.4, -0.2) is 11.1 Å². The summed E-state index contributed by atoms with van der Waals surface area (Å²) in [5, 5.41) is 9.48. The minimum atomic E-state index is -1.27. The van der Waals surface area contributed by atoms with Crippen molar-refractivity contribution in [2.45, 2.75) is 19.8 Å². The number of rotatable bonds is 2. The SMILES string of the molecule is CC(C)c1ccc2oc(=O)c(C(=O)O)cc2c1. The third-order valence-corrected chi connectivity index (χ3v) is 2.65. The van der Waals surface area contributed by atoms with Crippen LogP contribution in [0.2, 0.25) is 0 Å². The Morgan fingerprint density at radius 3 is 2.59 bits per heavy atom. The van der Waals surface area contributed by atoms with Gasteiger partial charge in [0.05, 0.1) is 0 Å². The Morgan fingerprint density at radius 1 is 1.29 bits per heavy atom. The zero-order valence-electron chi connectivity index (χ0n) is 9.56.